The molecule has 0 aliphatic rings. The highest BCUT2D eigenvalue weighted by atomic mass is 32.2. The second kappa shape index (κ2) is 21.4. The number of amides is 4. The third kappa shape index (κ3) is 16.9. The van der Waals surface area contributed by atoms with Crippen LogP contribution in [0.5, 0.6) is 0 Å². The van der Waals surface area contributed by atoms with E-state index in [1.54, 1.807) is 55.5 Å². The Balaban J connectivity index is 0.00000125. The Morgan fingerprint density at radius 1 is 0.886 bits per heavy atom. The Morgan fingerprint density at radius 2 is 1.48 bits per heavy atom. The first-order valence-corrected chi connectivity index (χ1v) is 15.1. The first kappa shape index (κ1) is 37.7. The Morgan fingerprint density at radius 3 is 2.09 bits per heavy atom. The van der Waals surface area contributed by atoms with Crippen LogP contribution in [0.3, 0.4) is 0 Å². The SMILES string of the molecule is CCC.CCCNC(=O)Nc1cccc(SNc2cccc(C(CC(=O)O)NC(=O)Nc3ccc(N)cc3)c2)c1.[B]C(C)N. The molecule has 0 bridgehead atoms. The first-order valence-electron chi connectivity index (χ1n) is 14.3. The van der Waals surface area contributed by atoms with Crippen LogP contribution in [0.25, 0.3) is 0 Å². The lowest BCUT2D eigenvalue weighted by molar-refractivity contribution is -0.137. The van der Waals surface area contributed by atoms with Crippen molar-refractivity contribution in [3.63, 3.8) is 0 Å². The number of rotatable bonds is 11. The van der Waals surface area contributed by atoms with E-state index in [9.17, 15) is 19.5 Å². The van der Waals surface area contributed by atoms with Crippen molar-refractivity contribution in [1.29, 1.82) is 0 Å². The molecule has 4 amide bonds. The average Bonchev–Trinajstić information content (AvgIpc) is 2.96. The van der Waals surface area contributed by atoms with Crippen molar-refractivity contribution < 1.29 is 19.5 Å². The topological polar surface area (TPSA) is 184 Å². The molecule has 0 fully saturated rings. The summed E-state index contributed by atoms with van der Waals surface area (Å²) < 4.78 is 3.22. The fraction of sp³-hybridized carbons (Fsp3) is 0.323. The summed E-state index contributed by atoms with van der Waals surface area (Å²) in [4.78, 5) is 36.8. The third-order valence-corrected chi connectivity index (χ3v) is 5.88. The van der Waals surface area contributed by atoms with Gasteiger partial charge in [-0.2, -0.15) is 0 Å². The molecule has 236 valence electrons. The zero-order valence-electron chi connectivity index (χ0n) is 25.7. The summed E-state index contributed by atoms with van der Waals surface area (Å²) in [5.74, 6) is -1.21. The molecule has 13 heteroatoms. The zero-order chi connectivity index (χ0) is 32.9. The molecule has 2 unspecified atom stereocenters. The number of aliphatic carboxylic acids is 1. The van der Waals surface area contributed by atoms with E-state index in [0.717, 1.165) is 17.0 Å². The smallest absolute Gasteiger partial charge is 0.319 e. The summed E-state index contributed by atoms with van der Waals surface area (Å²) in [6, 6.07) is 19.6. The maximum absolute atomic E-state index is 12.5. The number of hydrogen-bond donors (Lipinski definition) is 8. The van der Waals surface area contributed by atoms with Crippen molar-refractivity contribution in [2.75, 3.05) is 27.6 Å². The number of carbonyl (C=O) groups is 3. The van der Waals surface area contributed by atoms with E-state index in [-0.39, 0.29) is 18.4 Å². The van der Waals surface area contributed by atoms with Crippen LogP contribution in [0, 0.1) is 0 Å². The van der Waals surface area contributed by atoms with E-state index in [1.807, 2.05) is 31.2 Å². The lowest BCUT2D eigenvalue weighted by Gasteiger charge is -2.19. The highest BCUT2D eigenvalue weighted by Gasteiger charge is 2.19. The van der Waals surface area contributed by atoms with E-state index in [4.69, 9.17) is 19.3 Å². The molecule has 2 radical (unpaired) electrons. The number of nitrogens with one attached hydrogen (secondary N) is 5. The van der Waals surface area contributed by atoms with Gasteiger partial charge in [0.05, 0.1) is 20.3 Å². The van der Waals surface area contributed by atoms with Crippen molar-refractivity contribution >= 4 is 60.6 Å². The lowest BCUT2D eigenvalue weighted by Crippen LogP contribution is -2.33. The highest BCUT2D eigenvalue weighted by Crippen LogP contribution is 2.27. The van der Waals surface area contributed by atoms with Gasteiger partial charge >= 0.3 is 18.0 Å². The van der Waals surface area contributed by atoms with Crippen molar-refractivity contribution in [3.8, 4) is 0 Å². The number of anilines is 4. The molecular weight excluding hydrogens is 577 g/mol. The van der Waals surface area contributed by atoms with Crippen LogP contribution in [0.1, 0.15) is 58.6 Å². The van der Waals surface area contributed by atoms with Gasteiger partial charge in [-0.25, -0.2) is 9.59 Å². The number of carboxylic acids is 1. The zero-order valence-corrected chi connectivity index (χ0v) is 26.5. The van der Waals surface area contributed by atoms with Gasteiger partial charge in [-0.3, -0.25) is 4.79 Å². The van der Waals surface area contributed by atoms with E-state index >= 15 is 0 Å². The van der Waals surface area contributed by atoms with E-state index < -0.39 is 18.0 Å². The summed E-state index contributed by atoms with van der Waals surface area (Å²) in [5.41, 5.74) is 13.7. The maximum Gasteiger partial charge on any atom is 0.319 e. The molecule has 0 spiro atoms. The van der Waals surface area contributed by atoms with E-state index in [1.165, 1.54) is 18.4 Å². The molecule has 0 saturated heterocycles. The van der Waals surface area contributed by atoms with Crippen molar-refractivity contribution in [1.82, 2.24) is 10.6 Å². The largest absolute Gasteiger partial charge is 0.481 e. The minimum absolute atomic E-state index is 0.167. The number of carbonyl (C=O) groups excluding carboxylic acids is 2. The van der Waals surface area contributed by atoms with Crippen LogP contribution >= 0.6 is 11.9 Å². The predicted octanol–water partition coefficient (Wildman–Crippen LogP) is 6.13. The van der Waals surface area contributed by atoms with Gasteiger partial charge < -0.3 is 42.6 Å². The van der Waals surface area contributed by atoms with Gasteiger partial charge in [0.1, 0.15) is 0 Å². The van der Waals surface area contributed by atoms with Crippen LogP contribution in [0.4, 0.5) is 32.3 Å². The van der Waals surface area contributed by atoms with Gasteiger partial charge in [0.2, 0.25) is 0 Å². The minimum atomic E-state index is -1.04. The Labute approximate surface area is 265 Å². The molecule has 0 aliphatic carbocycles. The van der Waals surface area contributed by atoms with Crippen LogP contribution < -0.4 is 37.5 Å². The maximum atomic E-state index is 12.5. The average molecular weight is 622 g/mol. The van der Waals surface area contributed by atoms with Crippen LogP contribution in [0.2, 0.25) is 0 Å². The number of nitrogens with two attached hydrogens (primary N) is 2. The molecule has 0 saturated carbocycles. The monoisotopic (exact) mass is 621 g/mol. The first-order chi connectivity index (χ1) is 21.0. The number of benzene rings is 3. The molecule has 44 heavy (non-hydrogen) atoms. The molecular formula is C31H44BN7O4S. The number of hydrogen-bond acceptors (Lipinski definition) is 7. The quantitative estimate of drug-likeness (QED) is 0.0714. The predicted molar refractivity (Wildman–Crippen MR) is 183 cm³/mol. The molecule has 3 rings (SSSR count). The van der Waals surface area contributed by atoms with Gasteiger partial charge in [-0.1, -0.05) is 52.3 Å². The molecule has 0 aliphatic heterocycles. The molecule has 0 heterocycles. The fourth-order valence-corrected chi connectivity index (χ4v) is 4.00. The summed E-state index contributed by atoms with van der Waals surface area (Å²) in [6.07, 6.45) is 1.81. The summed E-state index contributed by atoms with van der Waals surface area (Å²) >= 11 is 1.34. The number of urea groups is 2. The van der Waals surface area contributed by atoms with E-state index in [0.29, 0.717) is 29.2 Å². The summed E-state index contributed by atoms with van der Waals surface area (Å²) in [6.45, 7) is 8.55. The van der Waals surface area contributed by atoms with E-state index in [2.05, 4.69) is 39.8 Å². The van der Waals surface area contributed by atoms with Gasteiger partial charge in [-0.05, 0) is 84.5 Å². The Bertz CT molecular complexity index is 1290. The second-order valence-corrected chi connectivity index (χ2v) is 10.6. The summed E-state index contributed by atoms with van der Waals surface area (Å²) in [7, 11) is 4.89. The van der Waals surface area contributed by atoms with Crippen LogP contribution in [-0.2, 0) is 4.79 Å². The fourth-order valence-electron chi connectivity index (χ4n) is 3.31. The molecule has 2 atom stereocenters. The minimum Gasteiger partial charge on any atom is -0.481 e. The molecule has 3 aromatic carbocycles. The molecule has 3 aromatic rings. The summed E-state index contributed by atoms with van der Waals surface area (Å²) in [5, 5.41) is 20.4. The third-order valence-electron chi connectivity index (χ3n) is 5.06. The van der Waals surface area contributed by atoms with Gasteiger partial charge in [-0.15, -0.1) is 0 Å². The molecule has 11 nitrogen and oxygen atoms in total. The Hall–Kier alpha value is -4.36. The van der Waals surface area contributed by atoms with Gasteiger partial charge in [0.15, 0.2) is 0 Å². The number of nitrogen functional groups attached to an aromatic ring is 1. The van der Waals surface area contributed by atoms with Crippen LogP contribution in [0.15, 0.2) is 77.7 Å². The highest BCUT2D eigenvalue weighted by molar-refractivity contribution is 8.00. The van der Waals surface area contributed by atoms with Crippen molar-refractivity contribution in [3.05, 3.63) is 78.4 Å². The standard InChI is InChI=1S/C26H30N6O4S.C3H8.C2H6BN/c1-2-13-28-25(35)30-20-6-4-8-22(15-20)37-32-21-7-3-5-17(14-21)23(16-24(33)34)31-26(36)29-19-11-9-18(27)10-12-19;1-3-2;1-2(3)4/h3-12,14-15,23,32H,2,13,16,27H2,1H3,(H,33,34)(H2,28,30,35)(H2,29,31,36);3H2,1-2H3;2H,4H2,1H3. The van der Waals surface area contributed by atoms with Crippen molar-refractivity contribution in [2.45, 2.75) is 63.8 Å². The van der Waals surface area contributed by atoms with Crippen LogP contribution in [-0.4, -0.2) is 43.5 Å². The molecule has 0 aromatic heterocycles. The number of carboxylic acid groups (broad SMARTS) is 1. The lowest BCUT2D eigenvalue weighted by atomic mass is 10.0. The normalized spacial score (nSPS) is 11.2. The second-order valence-electron chi connectivity index (χ2n) is 9.68. The Kier molecular flexibility index (Phi) is 18.3. The van der Waals surface area contributed by atoms with Gasteiger partial charge in [0.25, 0.3) is 0 Å². The van der Waals surface area contributed by atoms with Gasteiger partial charge in [0, 0.05) is 34.2 Å². The van der Waals surface area contributed by atoms with Crippen molar-refractivity contribution in [2.24, 2.45) is 5.73 Å². The molecule has 10 N–H and O–H groups in total.